The van der Waals surface area contributed by atoms with E-state index in [2.05, 4.69) is 10.6 Å². The second-order valence-corrected chi connectivity index (χ2v) is 9.50. The number of amides is 4. The van der Waals surface area contributed by atoms with Gasteiger partial charge in [0.25, 0.3) is 0 Å². The maximum absolute atomic E-state index is 12.9. The minimum atomic E-state index is -0.292. The second kappa shape index (κ2) is 12.8. The summed E-state index contributed by atoms with van der Waals surface area (Å²) in [4.78, 5) is 52.9. The van der Waals surface area contributed by atoms with Crippen LogP contribution in [0.4, 0.5) is 9.59 Å². The van der Waals surface area contributed by atoms with Crippen molar-refractivity contribution >= 4 is 24.0 Å². The van der Waals surface area contributed by atoms with Gasteiger partial charge in [-0.15, -0.1) is 0 Å². The molecule has 0 radical (unpaired) electrons. The molecule has 3 aliphatic rings. The fourth-order valence-corrected chi connectivity index (χ4v) is 5.15. The largest absolute Gasteiger partial charge is 0.450 e. The Balaban J connectivity index is 1.39. The van der Waals surface area contributed by atoms with Gasteiger partial charge in [-0.1, -0.05) is 6.42 Å². The number of rotatable bonds is 6. The van der Waals surface area contributed by atoms with Gasteiger partial charge in [0.05, 0.1) is 13.2 Å². The van der Waals surface area contributed by atoms with E-state index in [-0.39, 0.29) is 47.9 Å². The lowest BCUT2D eigenvalue weighted by Crippen LogP contribution is -2.50. The van der Waals surface area contributed by atoms with E-state index in [9.17, 15) is 19.2 Å². The maximum Gasteiger partial charge on any atom is 0.409 e. The number of piperidine rings is 2. The molecule has 2 atom stereocenters. The van der Waals surface area contributed by atoms with Gasteiger partial charge in [-0.3, -0.25) is 9.59 Å². The molecule has 3 rings (SSSR count). The summed E-state index contributed by atoms with van der Waals surface area (Å²) in [5.74, 6) is -0.263. The lowest BCUT2D eigenvalue weighted by Gasteiger charge is -2.35. The van der Waals surface area contributed by atoms with Crippen LogP contribution in [0.15, 0.2) is 0 Å². The lowest BCUT2D eigenvalue weighted by molar-refractivity contribution is -0.131. The summed E-state index contributed by atoms with van der Waals surface area (Å²) >= 11 is 0. The molecule has 10 heteroatoms. The van der Waals surface area contributed by atoms with Crippen LogP contribution in [0.2, 0.25) is 0 Å². The minimum Gasteiger partial charge on any atom is -0.450 e. The van der Waals surface area contributed by atoms with Crippen LogP contribution >= 0.6 is 0 Å². The molecular weight excluding hydrogens is 440 g/mol. The molecule has 0 spiro atoms. The molecular formula is C24H40N4O6. The summed E-state index contributed by atoms with van der Waals surface area (Å²) < 4.78 is 10.1. The predicted octanol–water partition coefficient (Wildman–Crippen LogP) is 2.27. The Bertz CT molecular complexity index is 658. The van der Waals surface area contributed by atoms with Crippen LogP contribution in [-0.4, -0.2) is 85.3 Å². The molecule has 0 aromatic carbocycles. The van der Waals surface area contributed by atoms with Gasteiger partial charge in [-0.25, -0.2) is 9.59 Å². The molecule has 0 bridgehead atoms. The van der Waals surface area contributed by atoms with Crippen LogP contribution in [0, 0.1) is 11.8 Å². The predicted molar refractivity (Wildman–Crippen MR) is 125 cm³/mol. The average molecular weight is 481 g/mol. The highest BCUT2D eigenvalue weighted by molar-refractivity contribution is 5.82. The summed E-state index contributed by atoms with van der Waals surface area (Å²) in [6.45, 7) is 6.61. The van der Waals surface area contributed by atoms with Crippen molar-refractivity contribution in [2.75, 3.05) is 39.4 Å². The van der Waals surface area contributed by atoms with Crippen molar-refractivity contribution in [1.82, 2.24) is 20.4 Å². The normalized spacial score (nSPS) is 24.3. The van der Waals surface area contributed by atoms with Crippen molar-refractivity contribution in [1.29, 1.82) is 0 Å². The molecule has 10 nitrogen and oxygen atoms in total. The highest BCUT2D eigenvalue weighted by atomic mass is 16.6. The number of carbonyl (C=O) groups is 4. The monoisotopic (exact) mass is 480 g/mol. The van der Waals surface area contributed by atoms with E-state index in [4.69, 9.17) is 9.47 Å². The second-order valence-electron chi connectivity index (χ2n) is 9.50. The Kier molecular flexibility index (Phi) is 9.83. The Morgan fingerprint density at radius 3 is 1.41 bits per heavy atom. The Morgan fingerprint density at radius 1 is 0.676 bits per heavy atom. The summed E-state index contributed by atoms with van der Waals surface area (Å²) in [6, 6.07) is 0.105. The van der Waals surface area contributed by atoms with E-state index < -0.39 is 0 Å². The lowest BCUT2D eigenvalue weighted by atomic mass is 9.80. The zero-order valence-electron chi connectivity index (χ0n) is 20.6. The topological polar surface area (TPSA) is 117 Å². The van der Waals surface area contributed by atoms with Crippen LogP contribution in [0.25, 0.3) is 0 Å². The van der Waals surface area contributed by atoms with Crippen LogP contribution in [-0.2, 0) is 19.1 Å². The molecule has 0 aromatic rings. The first-order chi connectivity index (χ1) is 16.4. The number of ether oxygens (including phenoxy) is 2. The molecule has 2 unspecified atom stereocenters. The van der Waals surface area contributed by atoms with Crippen molar-refractivity contribution < 1.29 is 28.7 Å². The summed E-state index contributed by atoms with van der Waals surface area (Å²) in [5, 5.41) is 6.30. The molecule has 2 heterocycles. The molecule has 192 valence electrons. The van der Waals surface area contributed by atoms with Gasteiger partial charge < -0.3 is 29.9 Å². The Labute approximate surface area is 202 Å². The van der Waals surface area contributed by atoms with Crippen molar-refractivity contribution in [3.63, 3.8) is 0 Å². The van der Waals surface area contributed by atoms with Gasteiger partial charge in [0.15, 0.2) is 0 Å². The van der Waals surface area contributed by atoms with Crippen molar-refractivity contribution in [2.45, 2.75) is 77.3 Å². The number of hydrogen-bond donors (Lipinski definition) is 2. The van der Waals surface area contributed by atoms with E-state index in [1.165, 1.54) is 0 Å². The quantitative estimate of drug-likeness (QED) is 0.602. The number of likely N-dealkylation sites (tertiary alicyclic amines) is 2. The summed E-state index contributed by atoms with van der Waals surface area (Å²) in [5.41, 5.74) is 0. The molecule has 1 saturated carbocycles. The van der Waals surface area contributed by atoms with E-state index in [1.54, 1.807) is 23.6 Å². The van der Waals surface area contributed by atoms with E-state index in [0.717, 1.165) is 19.3 Å². The summed E-state index contributed by atoms with van der Waals surface area (Å²) in [6.07, 6.45) is 5.30. The first-order valence-corrected chi connectivity index (χ1v) is 12.8. The SMILES string of the molecule is CCOC(=O)N1CCC(NC(=O)C2CCCC(C(=O)NC3CCN(C(=O)OCC)CC3)C2)CC1. The third kappa shape index (κ3) is 7.24. The third-order valence-corrected chi connectivity index (χ3v) is 7.15. The molecule has 34 heavy (non-hydrogen) atoms. The van der Waals surface area contributed by atoms with E-state index in [1.807, 2.05) is 0 Å². The molecule has 3 fully saturated rings. The summed E-state index contributed by atoms with van der Waals surface area (Å²) in [7, 11) is 0. The Morgan fingerprint density at radius 2 is 1.06 bits per heavy atom. The first-order valence-electron chi connectivity index (χ1n) is 12.8. The smallest absolute Gasteiger partial charge is 0.409 e. The molecule has 1 aliphatic carbocycles. The number of nitrogens with zero attached hydrogens (tertiary/aromatic N) is 2. The first kappa shape index (κ1) is 26.1. The molecule has 0 aromatic heterocycles. The van der Waals surface area contributed by atoms with Crippen LogP contribution in [0.3, 0.4) is 0 Å². The molecule has 2 N–H and O–H groups in total. The highest BCUT2D eigenvalue weighted by Crippen LogP contribution is 2.30. The molecule has 2 saturated heterocycles. The van der Waals surface area contributed by atoms with Crippen LogP contribution in [0.1, 0.15) is 65.2 Å². The molecule has 2 aliphatic heterocycles. The van der Waals surface area contributed by atoms with Gasteiger partial charge in [0.1, 0.15) is 0 Å². The number of hydrogen-bond acceptors (Lipinski definition) is 6. The third-order valence-electron chi connectivity index (χ3n) is 7.15. The van der Waals surface area contributed by atoms with Crippen LogP contribution in [0.5, 0.6) is 0 Å². The zero-order valence-corrected chi connectivity index (χ0v) is 20.6. The number of nitrogens with one attached hydrogen (secondary N) is 2. The van der Waals surface area contributed by atoms with Crippen molar-refractivity contribution in [2.24, 2.45) is 11.8 Å². The van der Waals surface area contributed by atoms with Gasteiger partial charge >= 0.3 is 12.2 Å². The fourth-order valence-electron chi connectivity index (χ4n) is 5.15. The van der Waals surface area contributed by atoms with Crippen molar-refractivity contribution in [3.8, 4) is 0 Å². The fraction of sp³-hybridized carbons (Fsp3) is 0.833. The number of carbonyl (C=O) groups excluding carboxylic acids is 4. The van der Waals surface area contributed by atoms with Gasteiger partial charge in [0.2, 0.25) is 11.8 Å². The average Bonchev–Trinajstić information content (AvgIpc) is 2.85. The standard InChI is InChI=1S/C24H40N4O6/c1-3-33-23(31)27-12-8-19(9-13-27)25-21(29)17-6-5-7-18(16-17)22(30)26-20-10-14-28(15-11-20)24(32)34-4-2/h17-20H,3-16H2,1-2H3,(H,25,29)(H,26,30). The molecule has 4 amide bonds. The highest BCUT2D eigenvalue weighted by Gasteiger charge is 2.34. The zero-order chi connectivity index (χ0) is 24.5. The van der Waals surface area contributed by atoms with Crippen LogP contribution < -0.4 is 10.6 Å². The maximum atomic E-state index is 12.9. The van der Waals surface area contributed by atoms with Crippen molar-refractivity contribution in [3.05, 3.63) is 0 Å². The van der Waals surface area contributed by atoms with Gasteiger partial charge in [-0.2, -0.15) is 0 Å². The van der Waals surface area contributed by atoms with Gasteiger partial charge in [0, 0.05) is 50.1 Å². The Hall–Kier alpha value is -2.52. The van der Waals surface area contributed by atoms with E-state index >= 15 is 0 Å². The van der Waals surface area contributed by atoms with Gasteiger partial charge in [-0.05, 0) is 58.8 Å². The minimum absolute atomic E-state index is 0.0230. The van der Waals surface area contributed by atoms with E-state index in [0.29, 0.717) is 71.5 Å².